The highest BCUT2D eigenvalue weighted by atomic mass is 35.5. The molecule has 2 aromatic carbocycles. The summed E-state index contributed by atoms with van der Waals surface area (Å²) in [5, 5.41) is 12.0. The van der Waals surface area contributed by atoms with E-state index in [1.165, 1.54) is 19.2 Å². The minimum absolute atomic E-state index is 0.214. The highest BCUT2D eigenvalue weighted by Crippen LogP contribution is 2.36. The smallest absolute Gasteiger partial charge is 0.262 e. The highest BCUT2D eigenvalue weighted by molar-refractivity contribution is 6.32. The van der Waals surface area contributed by atoms with Gasteiger partial charge in [0.2, 0.25) is 0 Å². The number of methoxy groups -OCH3 is 1. The number of ether oxygens (including phenoxy) is 2. The molecule has 0 spiro atoms. The number of rotatable bonds is 5. The first kappa shape index (κ1) is 18.6. The van der Waals surface area contributed by atoms with Crippen LogP contribution < -0.4 is 14.8 Å². The number of amides is 1. The van der Waals surface area contributed by atoms with Crippen LogP contribution in [-0.4, -0.2) is 19.6 Å². The van der Waals surface area contributed by atoms with Gasteiger partial charge in [-0.3, -0.25) is 4.79 Å². The van der Waals surface area contributed by atoms with Crippen LogP contribution in [0.1, 0.15) is 22.3 Å². The fraction of sp³-hybridized carbons (Fsp3) is 0.263. The zero-order valence-electron chi connectivity index (χ0n) is 14.6. The standard InChI is InChI=1S/C19H19ClN2O3/c1-11-5-12(2)18(13(3)6-11)22-17(23)10-25-19-15(20)7-14(9-21)8-16(19)24-4/h5-8H,10H2,1-4H3,(H,22,23). The lowest BCUT2D eigenvalue weighted by Gasteiger charge is -2.15. The third-order valence-electron chi connectivity index (χ3n) is 3.65. The first-order chi connectivity index (χ1) is 11.8. The van der Waals surface area contributed by atoms with Crippen molar-refractivity contribution in [3.8, 4) is 17.6 Å². The Morgan fingerprint density at radius 1 is 1.20 bits per heavy atom. The van der Waals surface area contributed by atoms with Crippen LogP contribution in [0.4, 0.5) is 5.69 Å². The van der Waals surface area contributed by atoms with E-state index in [2.05, 4.69) is 5.32 Å². The van der Waals surface area contributed by atoms with Gasteiger partial charge < -0.3 is 14.8 Å². The number of nitrogens with zero attached hydrogens (tertiary/aromatic N) is 1. The molecule has 2 aromatic rings. The lowest BCUT2D eigenvalue weighted by molar-refractivity contribution is -0.118. The van der Waals surface area contributed by atoms with Gasteiger partial charge in [0.05, 0.1) is 23.8 Å². The lowest BCUT2D eigenvalue weighted by Crippen LogP contribution is -2.21. The Labute approximate surface area is 152 Å². The van der Waals surface area contributed by atoms with E-state index in [-0.39, 0.29) is 23.3 Å². The van der Waals surface area contributed by atoms with Gasteiger partial charge in [-0.15, -0.1) is 0 Å². The van der Waals surface area contributed by atoms with E-state index in [9.17, 15) is 4.79 Å². The van der Waals surface area contributed by atoms with Crippen LogP contribution in [0.5, 0.6) is 11.5 Å². The Kier molecular flexibility index (Phi) is 5.89. The molecule has 0 aliphatic carbocycles. The number of anilines is 1. The van der Waals surface area contributed by atoms with Gasteiger partial charge in [0.25, 0.3) is 5.91 Å². The van der Waals surface area contributed by atoms with Crippen molar-refractivity contribution in [1.82, 2.24) is 0 Å². The molecule has 0 radical (unpaired) electrons. The third-order valence-corrected chi connectivity index (χ3v) is 3.93. The minimum Gasteiger partial charge on any atom is -0.493 e. The lowest BCUT2D eigenvalue weighted by atomic mass is 10.1. The predicted octanol–water partition coefficient (Wildman–Crippen LogP) is 4.16. The van der Waals surface area contributed by atoms with Gasteiger partial charge in [-0.25, -0.2) is 0 Å². The minimum atomic E-state index is -0.308. The van der Waals surface area contributed by atoms with Crippen molar-refractivity contribution in [3.63, 3.8) is 0 Å². The highest BCUT2D eigenvalue weighted by Gasteiger charge is 2.15. The topological polar surface area (TPSA) is 71.3 Å². The number of aryl methyl sites for hydroxylation is 3. The average Bonchev–Trinajstić information content (AvgIpc) is 2.56. The van der Waals surface area contributed by atoms with E-state index in [0.29, 0.717) is 11.3 Å². The SMILES string of the molecule is COc1cc(C#N)cc(Cl)c1OCC(=O)Nc1c(C)cc(C)cc1C. The summed E-state index contributed by atoms with van der Waals surface area (Å²) in [5.41, 5.74) is 4.24. The third kappa shape index (κ3) is 4.43. The number of carbonyl (C=O) groups is 1. The fourth-order valence-electron chi connectivity index (χ4n) is 2.61. The summed E-state index contributed by atoms with van der Waals surface area (Å²) in [5.74, 6) is 0.229. The van der Waals surface area contributed by atoms with Gasteiger partial charge in [0, 0.05) is 11.8 Å². The Bertz CT molecular complexity index is 833. The van der Waals surface area contributed by atoms with E-state index >= 15 is 0 Å². The van der Waals surface area contributed by atoms with Gasteiger partial charge in [0.1, 0.15) is 0 Å². The zero-order chi connectivity index (χ0) is 18.6. The predicted molar refractivity (Wildman–Crippen MR) is 97.5 cm³/mol. The summed E-state index contributed by atoms with van der Waals surface area (Å²) >= 11 is 6.12. The summed E-state index contributed by atoms with van der Waals surface area (Å²) in [4.78, 5) is 12.2. The van der Waals surface area contributed by atoms with E-state index in [4.69, 9.17) is 26.3 Å². The molecule has 0 aromatic heterocycles. The first-order valence-corrected chi connectivity index (χ1v) is 8.01. The van der Waals surface area contributed by atoms with Crippen molar-refractivity contribution in [1.29, 1.82) is 5.26 Å². The maximum atomic E-state index is 12.2. The molecule has 0 atom stereocenters. The Morgan fingerprint density at radius 3 is 2.40 bits per heavy atom. The average molecular weight is 359 g/mol. The number of halogens is 1. The number of nitriles is 1. The number of hydrogen-bond donors (Lipinski definition) is 1. The van der Waals surface area contributed by atoms with Crippen LogP contribution in [0.3, 0.4) is 0 Å². The van der Waals surface area contributed by atoms with Crippen molar-refractivity contribution in [3.05, 3.63) is 51.5 Å². The monoisotopic (exact) mass is 358 g/mol. The summed E-state index contributed by atoms with van der Waals surface area (Å²) in [6.45, 7) is 5.66. The fourth-order valence-corrected chi connectivity index (χ4v) is 2.88. The van der Waals surface area contributed by atoms with Gasteiger partial charge in [-0.05, 0) is 38.0 Å². The molecular weight excluding hydrogens is 340 g/mol. The van der Waals surface area contributed by atoms with E-state index < -0.39 is 0 Å². The molecule has 2 rings (SSSR count). The Morgan fingerprint density at radius 2 is 1.84 bits per heavy atom. The van der Waals surface area contributed by atoms with Gasteiger partial charge in [0.15, 0.2) is 18.1 Å². The molecule has 0 aliphatic rings. The second kappa shape index (κ2) is 7.91. The van der Waals surface area contributed by atoms with Crippen LogP contribution >= 0.6 is 11.6 Å². The maximum absolute atomic E-state index is 12.2. The molecule has 6 heteroatoms. The van der Waals surface area contributed by atoms with E-state index in [1.54, 1.807) is 0 Å². The van der Waals surface area contributed by atoms with Gasteiger partial charge in [-0.1, -0.05) is 29.3 Å². The molecule has 0 aliphatic heterocycles. The summed E-state index contributed by atoms with van der Waals surface area (Å²) in [6.07, 6.45) is 0. The van der Waals surface area contributed by atoms with Crippen LogP contribution in [0.15, 0.2) is 24.3 Å². The molecule has 1 amide bonds. The summed E-state index contributed by atoms with van der Waals surface area (Å²) < 4.78 is 10.7. The van der Waals surface area contributed by atoms with Crippen molar-refractivity contribution in [2.75, 3.05) is 19.0 Å². The van der Waals surface area contributed by atoms with Crippen LogP contribution in [0.2, 0.25) is 5.02 Å². The molecule has 0 saturated heterocycles. The molecule has 25 heavy (non-hydrogen) atoms. The zero-order valence-corrected chi connectivity index (χ0v) is 15.3. The maximum Gasteiger partial charge on any atom is 0.262 e. The summed E-state index contributed by atoms with van der Waals surface area (Å²) in [6, 6.07) is 8.96. The second-order valence-corrected chi connectivity index (χ2v) is 6.12. The molecular formula is C19H19ClN2O3. The molecule has 1 N–H and O–H groups in total. The second-order valence-electron chi connectivity index (χ2n) is 5.71. The largest absolute Gasteiger partial charge is 0.493 e. The normalized spacial score (nSPS) is 10.1. The molecule has 0 bridgehead atoms. The Balaban J connectivity index is 2.12. The van der Waals surface area contributed by atoms with Crippen molar-refractivity contribution >= 4 is 23.2 Å². The summed E-state index contributed by atoms with van der Waals surface area (Å²) in [7, 11) is 1.44. The molecule has 0 fully saturated rings. The first-order valence-electron chi connectivity index (χ1n) is 7.63. The number of carbonyl (C=O) groups excluding carboxylic acids is 1. The van der Waals surface area contributed by atoms with Crippen LogP contribution in [0.25, 0.3) is 0 Å². The van der Waals surface area contributed by atoms with Crippen molar-refractivity contribution < 1.29 is 14.3 Å². The van der Waals surface area contributed by atoms with Gasteiger partial charge in [-0.2, -0.15) is 5.26 Å². The molecule has 130 valence electrons. The number of nitrogens with one attached hydrogen (secondary N) is 1. The molecule has 5 nitrogen and oxygen atoms in total. The Hall–Kier alpha value is -2.71. The number of hydrogen-bond acceptors (Lipinski definition) is 4. The molecule has 0 unspecified atom stereocenters. The quantitative estimate of drug-likeness (QED) is 0.871. The van der Waals surface area contributed by atoms with Crippen molar-refractivity contribution in [2.24, 2.45) is 0 Å². The van der Waals surface area contributed by atoms with Crippen LogP contribution in [-0.2, 0) is 4.79 Å². The van der Waals surface area contributed by atoms with Crippen LogP contribution in [0, 0.1) is 32.1 Å². The van der Waals surface area contributed by atoms with Crippen molar-refractivity contribution in [2.45, 2.75) is 20.8 Å². The van der Waals surface area contributed by atoms with E-state index in [1.807, 2.05) is 39.0 Å². The van der Waals surface area contributed by atoms with E-state index in [0.717, 1.165) is 22.4 Å². The number of benzene rings is 2. The molecule has 0 saturated carbocycles. The molecule has 0 heterocycles. The van der Waals surface area contributed by atoms with Gasteiger partial charge >= 0.3 is 0 Å².